The van der Waals surface area contributed by atoms with Crippen LogP contribution in [0.1, 0.15) is 24.5 Å². The molecule has 0 saturated heterocycles. The number of carbonyl (C=O) groups excluding carboxylic acids is 1. The molecule has 104 valence electrons. The van der Waals surface area contributed by atoms with E-state index in [1.54, 1.807) is 19.3 Å². The number of hydrogen-bond donors (Lipinski definition) is 1. The second-order valence-electron chi connectivity index (χ2n) is 4.97. The van der Waals surface area contributed by atoms with Crippen LogP contribution in [0.3, 0.4) is 0 Å². The summed E-state index contributed by atoms with van der Waals surface area (Å²) >= 11 is 0. The molecule has 0 atom stereocenters. The molecule has 0 amide bonds. The number of ketones is 1. The summed E-state index contributed by atoms with van der Waals surface area (Å²) in [5.74, 6) is 0.711. The lowest BCUT2D eigenvalue weighted by Crippen LogP contribution is -2.08. The molecule has 2 aromatic rings. The molecule has 0 aliphatic carbocycles. The van der Waals surface area contributed by atoms with Crippen LogP contribution >= 0.6 is 0 Å². The number of hydrogen-bond acceptors (Lipinski definition) is 4. The fourth-order valence-electron chi connectivity index (χ4n) is 1.84. The topological polar surface area (TPSA) is 54.9 Å². The summed E-state index contributed by atoms with van der Waals surface area (Å²) in [6, 6.07) is 6.31. The largest absolute Gasteiger partial charge is 0.354 e. The van der Waals surface area contributed by atoms with Gasteiger partial charge in [0.15, 0.2) is 0 Å². The van der Waals surface area contributed by atoms with Gasteiger partial charge in [-0.1, -0.05) is 18.2 Å². The zero-order valence-corrected chi connectivity index (χ0v) is 12.1. The number of carbonyl (C=O) groups is 1. The molecule has 1 N–H and O–H groups in total. The Balaban J connectivity index is 2.07. The molecule has 1 heterocycles. The molecule has 0 aliphatic heterocycles. The minimum Gasteiger partial charge on any atom is -0.354 e. The molecule has 1 aromatic heterocycles. The van der Waals surface area contributed by atoms with Crippen molar-refractivity contribution < 1.29 is 4.79 Å². The zero-order chi connectivity index (χ0) is 14.5. The van der Waals surface area contributed by atoms with Gasteiger partial charge in [0.25, 0.3) is 0 Å². The Morgan fingerprint density at radius 3 is 2.40 bits per heavy atom. The van der Waals surface area contributed by atoms with Crippen LogP contribution in [0.2, 0.25) is 0 Å². The molecule has 4 nitrogen and oxygen atoms in total. The molecule has 0 unspecified atom stereocenters. The summed E-state index contributed by atoms with van der Waals surface area (Å²) in [5, 5.41) is 3.03. The Hall–Kier alpha value is -2.23. The van der Waals surface area contributed by atoms with Crippen LogP contribution in [0.4, 0.5) is 5.95 Å². The van der Waals surface area contributed by atoms with Crippen molar-refractivity contribution in [2.24, 2.45) is 0 Å². The quantitative estimate of drug-likeness (QED) is 0.906. The molecule has 4 heteroatoms. The average molecular weight is 269 g/mol. The highest BCUT2D eigenvalue weighted by Gasteiger charge is 2.02. The van der Waals surface area contributed by atoms with Crippen molar-refractivity contribution in [2.75, 3.05) is 11.9 Å². The van der Waals surface area contributed by atoms with Gasteiger partial charge in [-0.3, -0.25) is 4.79 Å². The summed E-state index contributed by atoms with van der Waals surface area (Å²) in [5.41, 5.74) is 4.64. The van der Waals surface area contributed by atoms with E-state index < -0.39 is 0 Å². The SMILES string of the molecule is CC(=O)CCNc1ncc(-c2ccc(C)c(C)c2)cn1. The van der Waals surface area contributed by atoms with Gasteiger partial charge in [-0.25, -0.2) is 9.97 Å². The number of nitrogens with one attached hydrogen (secondary N) is 1. The summed E-state index contributed by atoms with van der Waals surface area (Å²) < 4.78 is 0. The van der Waals surface area contributed by atoms with E-state index in [2.05, 4.69) is 47.3 Å². The molecule has 0 radical (unpaired) electrons. The zero-order valence-electron chi connectivity index (χ0n) is 12.1. The third kappa shape index (κ3) is 3.63. The highest BCUT2D eigenvalue weighted by atomic mass is 16.1. The first-order valence-electron chi connectivity index (χ1n) is 6.69. The van der Waals surface area contributed by atoms with Gasteiger partial charge in [0.1, 0.15) is 5.78 Å². The van der Waals surface area contributed by atoms with Crippen LogP contribution in [-0.2, 0) is 4.79 Å². The van der Waals surface area contributed by atoms with Gasteiger partial charge in [-0.15, -0.1) is 0 Å². The summed E-state index contributed by atoms with van der Waals surface area (Å²) in [6.07, 6.45) is 4.09. The van der Waals surface area contributed by atoms with Gasteiger partial charge in [0.2, 0.25) is 5.95 Å². The highest BCUT2D eigenvalue weighted by molar-refractivity contribution is 5.75. The molecule has 0 spiro atoms. The Morgan fingerprint density at radius 1 is 1.10 bits per heavy atom. The Kier molecular flexibility index (Phi) is 4.45. The van der Waals surface area contributed by atoms with E-state index in [1.807, 2.05) is 0 Å². The maximum absolute atomic E-state index is 10.9. The molecule has 0 fully saturated rings. The number of anilines is 1. The number of Topliss-reactive ketones (excluding diaryl/α,β-unsaturated/α-hetero) is 1. The van der Waals surface area contributed by atoms with E-state index in [0.29, 0.717) is 18.9 Å². The molecule has 0 aliphatic rings. The van der Waals surface area contributed by atoms with E-state index in [-0.39, 0.29) is 5.78 Å². The molecule has 2 rings (SSSR count). The Bertz CT molecular complexity index is 606. The summed E-state index contributed by atoms with van der Waals surface area (Å²) in [7, 11) is 0. The normalized spacial score (nSPS) is 10.3. The van der Waals surface area contributed by atoms with Crippen molar-refractivity contribution >= 4 is 11.7 Å². The van der Waals surface area contributed by atoms with Crippen LogP contribution in [0.25, 0.3) is 11.1 Å². The van der Waals surface area contributed by atoms with Crippen LogP contribution in [0.15, 0.2) is 30.6 Å². The third-order valence-corrected chi connectivity index (χ3v) is 3.25. The lowest BCUT2D eigenvalue weighted by Gasteiger charge is -2.06. The predicted octanol–water partition coefficient (Wildman–Crippen LogP) is 3.15. The van der Waals surface area contributed by atoms with E-state index in [1.165, 1.54) is 11.1 Å². The van der Waals surface area contributed by atoms with Gasteiger partial charge in [-0.05, 0) is 37.5 Å². The number of rotatable bonds is 5. The van der Waals surface area contributed by atoms with Crippen molar-refractivity contribution in [3.05, 3.63) is 41.7 Å². The highest BCUT2D eigenvalue weighted by Crippen LogP contribution is 2.21. The minimum absolute atomic E-state index is 0.157. The second-order valence-corrected chi connectivity index (χ2v) is 4.97. The first-order valence-corrected chi connectivity index (χ1v) is 6.69. The van der Waals surface area contributed by atoms with Crippen LogP contribution in [-0.4, -0.2) is 22.3 Å². The van der Waals surface area contributed by atoms with E-state index in [0.717, 1.165) is 11.1 Å². The summed E-state index contributed by atoms with van der Waals surface area (Å²) in [4.78, 5) is 19.4. The Morgan fingerprint density at radius 2 is 1.80 bits per heavy atom. The van der Waals surface area contributed by atoms with Gasteiger partial charge < -0.3 is 5.32 Å². The molecule has 20 heavy (non-hydrogen) atoms. The number of benzene rings is 1. The number of aryl methyl sites for hydroxylation is 2. The molecule has 0 bridgehead atoms. The second kappa shape index (κ2) is 6.28. The minimum atomic E-state index is 0.157. The van der Waals surface area contributed by atoms with Gasteiger partial charge in [0, 0.05) is 30.9 Å². The van der Waals surface area contributed by atoms with Crippen LogP contribution in [0.5, 0.6) is 0 Å². The predicted molar refractivity (Wildman–Crippen MR) is 80.7 cm³/mol. The number of aromatic nitrogens is 2. The first-order chi connectivity index (χ1) is 9.56. The van der Waals surface area contributed by atoms with E-state index >= 15 is 0 Å². The smallest absolute Gasteiger partial charge is 0.222 e. The molecular formula is C16H19N3O. The van der Waals surface area contributed by atoms with Gasteiger partial charge in [-0.2, -0.15) is 0 Å². The Labute approximate surface area is 119 Å². The van der Waals surface area contributed by atoms with E-state index in [4.69, 9.17) is 0 Å². The van der Waals surface area contributed by atoms with Crippen molar-refractivity contribution in [1.29, 1.82) is 0 Å². The molecule has 0 saturated carbocycles. The van der Waals surface area contributed by atoms with Crippen molar-refractivity contribution in [1.82, 2.24) is 9.97 Å². The van der Waals surface area contributed by atoms with Gasteiger partial charge in [0.05, 0.1) is 0 Å². The fourth-order valence-corrected chi connectivity index (χ4v) is 1.84. The average Bonchev–Trinajstić information content (AvgIpc) is 2.42. The summed E-state index contributed by atoms with van der Waals surface area (Å²) in [6.45, 7) is 6.33. The fraction of sp³-hybridized carbons (Fsp3) is 0.312. The third-order valence-electron chi connectivity index (χ3n) is 3.25. The lowest BCUT2D eigenvalue weighted by molar-refractivity contribution is -0.116. The van der Waals surface area contributed by atoms with Gasteiger partial charge >= 0.3 is 0 Å². The first kappa shape index (κ1) is 14.2. The van der Waals surface area contributed by atoms with Crippen molar-refractivity contribution in [3.8, 4) is 11.1 Å². The van der Waals surface area contributed by atoms with Crippen LogP contribution in [0, 0.1) is 13.8 Å². The van der Waals surface area contributed by atoms with Crippen molar-refractivity contribution in [3.63, 3.8) is 0 Å². The standard InChI is InChI=1S/C16H19N3O/c1-11-4-5-14(8-12(11)2)15-9-18-16(19-10-15)17-7-6-13(3)20/h4-5,8-10H,6-7H2,1-3H3,(H,17,18,19). The molecular weight excluding hydrogens is 250 g/mol. The molecule has 1 aromatic carbocycles. The maximum Gasteiger partial charge on any atom is 0.222 e. The van der Waals surface area contributed by atoms with Crippen LogP contribution < -0.4 is 5.32 Å². The lowest BCUT2D eigenvalue weighted by atomic mass is 10.0. The number of nitrogens with zero attached hydrogens (tertiary/aromatic N) is 2. The maximum atomic E-state index is 10.9. The van der Waals surface area contributed by atoms with E-state index in [9.17, 15) is 4.79 Å². The monoisotopic (exact) mass is 269 g/mol. The van der Waals surface area contributed by atoms with Crippen molar-refractivity contribution in [2.45, 2.75) is 27.2 Å².